The van der Waals surface area contributed by atoms with E-state index in [0.29, 0.717) is 11.7 Å². The fourth-order valence-corrected chi connectivity index (χ4v) is 2.37. The first kappa shape index (κ1) is 13.1. The summed E-state index contributed by atoms with van der Waals surface area (Å²) in [5.74, 6) is 1.32. The number of hydrogen-bond donors (Lipinski definition) is 1. The van der Waals surface area contributed by atoms with Crippen molar-refractivity contribution >= 4 is 11.8 Å². The number of aromatic nitrogens is 4. The molecule has 1 atom stereocenters. The van der Waals surface area contributed by atoms with E-state index in [2.05, 4.69) is 15.1 Å². The zero-order valence-corrected chi connectivity index (χ0v) is 11.4. The van der Waals surface area contributed by atoms with E-state index in [1.807, 2.05) is 25.5 Å². The summed E-state index contributed by atoms with van der Waals surface area (Å²) in [6.07, 6.45) is 2.43. The van der Waals surface area contributed by atoms with Crippen molar-refractivity contribution in [2.24, 2.45) is 7.05 Å². The Kier molecular flexibility index (Phi) is 4.03. The average Bonchev–Trinajstić information content (AvgIpc) is 2.97. The third-order valence-corrected chi connectivity index (χ3v) is 3.78. The Balaban J connectivity index is 2.10. The zero-order valence-electron chi connectivity index (χ0n) is 10.6. The summed E-state index contributed by atoms with van der Waals surface area (Å²) in [5, 5.41) is 13.8. The second kappa shape index (κ2) is 5.53. The van der Waals surface area contributed by atoms with Crippen LogP contribution in [-0.2, 0) is 20.1 Å². The maximum Gasteiger partial charge on any atom is 0.239 e. The molecule has 0 spiro atoms. The highest BCUT2D eigenvalue weighted by Gasteiger charge is 2.18. The van der Waals surface area contributed by atoms with E-state index in [9.17, 15) is 0 Å². The highest BCUT2D eigenvalue weighted by molar-refractivity contribution is 7.99. The van der Waals surface area contributed by atoms with E-state index in [1.54, 1.807) is 6.20 Å². The molecule has 0 fully saturated rings. The average molecular weight is 268 g/mol. The van der Waals surface area contributed by atoms with Crippen LogP contribution in [0, 0.1) is 0 Å². The van der Waals surface area contributed by atoms with Gasteiger partial charge in [-0.1, -0.05) is 23.8 Å². The summed E-state index contributed by atoms with van der Waals surface area (Å²) < 4.78 is 7.05. The Morgan fingerprint density at radius 1 is 1.56 bits per heavy atom. The van der Waals surface area contributed by atoms with Crippen molar-refractivity contribution < 1.29 is 9.63 Å². The second-order valence-electron chi connectivity index (χ2n) is 3.91. The molecule has 0 aliphatic heterocycles. The summed E-state index contributed by atoms with van der Waals surface area (Å²) >= 11 is 1.53. The molecule has 0 radical (unpaired) electrons. The molecule has 0 aliphatic carbocycles. The van der Waals surface area contributed by atoms with E-state index in [0.717, 1.165) is 17.3 Å². The number of nitrogens with zero attached hydrogens (tertiary/aromatic N) is 4. The molecule has 6 nitrogen and oxygen atoms in total. The van der Waals surface area contributed by atoms with Crippen molar-refractivity contribution in [2.45, 2.75) is 37.3 Å². The molecule has 98 valence electrons. The molecular formula is C11H16N4O2S. The third-order valence-electron chi connectivity index (χ3n) is 2.63. The molecule has 0 saturated heterocycles. The van der Waals surface area contributed by atoms with Crippen LogP contribution in [0.5, 0.6) is 0 Å². The summed E-state index contributed by atoms with van der Waals surface area (Å²) in [7, 11) is 1.87. The number of hydrogen-bond acceptors (Lipinski definition) is 6. The van der Waals surface area contributed by atoms with Gasteiger partial charge in [0, 0.05) is 13.5 Å². The van der Waals surface area contributed by atoms with Gasteiger partial charge in [-0.15, -0.1) is 0 Å². The van der Waals surface area contributed by atoms with Gasteiger partial charge in [0.2, 0.25) is 5.89 Å². The Hall–Kier alpha value is -1.34. The first-order valence-electron chi connectivity index (χ1n) is 5.76. The highest BCUT2D eigenvalue weighted by Crippen LogP contribution is 2.33. The summed E-state index contributed by atoms with van der Waals surface area (Å²) in [5.41, 5.74) is 0.782. The van der Waals surface area contributed by atoms with Crippen LogP contribution in [0.2, 0.25) is 0 Å². The predicted molar refractivity (Wildman–Crippen MR) is 67.1 cm³/mol. The number of imidazole rings is 1. The van der Waals surface area contributed by atoms with Crippen LogP contribution in [0.15, 0.2) is 15.9 Å². The number of rotatable bonds is 5. The second-order valence-corrected chi connectivity index (χ2v) is 5.22. The van der Waals surface area contributed by atoms with Crippen molar-refractivity contribution in [1.29, 1.82) is 0 Å². The zero-order chi connectivity index (χ0) is 13.1. The molecule has 2 heterocycles. The minimum atomic E-state index is -0.0149. The Bertz CT molecular complexity index is 523. The van der Waals surface area contributed by atoms with E-state index in [-0.39, 0.29) is 11.9 Å². The molecule has 1 N–H and O–H groups in total. The van der Waals surface area contributed by atoms with E-state index in [4.69, 9.17) is 9.63 Å². The molecule has 0 amide bonds. The van der Waals surface area contributed by atoms with Crippen LogP contribution in [0.3, 0.4) is 0 Å². The molecule has 7 heteroatoms. The van der Waals surface area contributed by atoms with Gasteiger partial charge in [-0.05, 0) is 6.92 Å². The first-order valence-corrected chi connectivity index (χ1v) is 6.64. The monoisotopic (exact) mass is 268 g/mol. The topological polar surface area (TPSA) is 77.0 Å². The Labute approximate surface area is 109 Å². The number of aliphatic hydroxyl groups excluding tert-OH is 1. The first-order chi connectivity index (χ1) is 8.65. The molecule has 2 rings (SSSR count). The lowest BCUT2D eigenvalue weighted by Gasteiger charge is -2.07. The molecule has 2 aromatic rings. The molecule has 0 unspecified atom stereocenters. The summed E-state index contributed by atoms with van der Waals surface area (Å²) in [4.78, 5) is 8.55. The predicted octanol–water partition coefficient (Wildman–Crippen LogP) is 1.71. The largest absolute Gasteiger partial charge is 0.390 e. The SMILES string of the molecule is CCc1noc([C@@H](C)Sc2ncc(CO)n2C)n1. The standard InChI is InChI=1S/C11H16N4O2S/c1-4-9-13-10(17-14-9)7(2)18-11-12-5-8(6-16)15(11)3/h5,7,16H,4,6H2,1-3H3/t7-/m1/s1. The van der Waals surface area contributed by atoms with Crippen molar-refractivity contribution in [3.05, 3.63) is 23.6 Å². The van der Waals surface area contributed by atoms with Gasteiger partial charge in [-0.2, -0.15) is 4.98 Å². The lowest BCUT2D eigenvalue weighted by Crippen LogP contribution is -1.99. The maximum atomic E-state index is 9.11. The van der Waals surface area contributed by atoms with Gasteiger partial charge in [0.1, 0.15) is 0 Å². The molecule has 2 aromatic heterocycles. The van der Waals surface area contributed by atoms with Crippen LogP contribution in [0.4, 0.5) is 0 Å². The molecule has 0 aliphatic rings. The van der Waals surface area contributed by atoms with E-state index >= 15 is 0 Å². The number of aryl methyl sites for hydroxylation is 1. The van der Waals surface area contributed by atoms with Gasteiger partial charge in [0.05, 0.1) is 23.7 Å². The van der Waals surface area contributed by atoms with Crippen LogP contribution >= 0.6 is 11.8 Å². The smallest absolute Gasteiger partial charge is 0.239 e. The summed E-state index contributed by atoms with van der Waals surface area (Å²) in [6.45, 7) is 3.96. The normalized spacial score (nSPS) is 12.9. The van der Waals surface area contributed by atoms with Crippen LogP contribution in [0.1, 0.15) is 36.5 Å². The van der Waals surface area contributed by atoms with Gasteiger partial charge in [0.15, 0.2) is 11.0 Å². The third kappa shape index (κ3) is 2.56. The summed E-state index contributed by atoms with van der Waals surface area (Å²) in [6, 6.07) is 0. The van der Waals surface area contributed by atoms with Crippen molar-refractivity contribution in [3.8, 4) is 0 Å². The highest BCUT2D eigenvalue weighted by atomic mass is 32.2. The lowest BCUT2D eigenvalue weighted by molar-refractivity contribution is 0.271. The van der Waals surface area contributed by atoms with E-state index < -0.39 is 0 Å². The lowest BCUT2D eigenvalue weighted by atomic mass is 10.4. The number of aliphatic hydroxyl groups is 1. The van der Waals surface area contributed by atoms with Crippen molar-refractivity contribution in [3.63, 3.8) is 0 Å². The molecule has 0 saturated carbocycles. The molecule has 0 aromatic carbocycles. The van der Waals surface area contributed by atoms with Gasteiger partial charge in [0.25, 0.3) is 0 Å². The molecule has 0 bridgehead atoms. The van der Waals surface area contributed by atoms with Crippen LogP contribution < -0.4 is 0 Å². The van der Waals surface area contributed by atoms with E-state index in [1.165, 1.54) is 11.8 Å². The van der Waals surface area contributed by atoms with Crippen molar-refractivity contribution in [2.75, 3.05) is 0 Å². The Morgan fingerprint density at radius 3 is 2.89 bits per heavy atom. The van der Waals surface area contributed by atoms with Crippen LogP contribution in [0.25, 0.3) is 0 Å². The quantitative estimate of drug-likeness (QED) is 0.832. The maximum absolute atomic E-state index is 9.11. The van der Waals surface area contributed by atoms with Gasteiger partial charge < -0.3 is 14.2 Å². The number of thioether (sulfide) groups is 1. The van der Waals surface area contributed by atoms with Gasteiger partial charge in [-0.3, -0.25) is 0 Å². The van der Waals surface area contributed by atoms with Gasteiger partial charge in [-0.25, -0.2) is 4.98 Å². The fraction of sp³-hybridized carbons (Fsp3) is 0.545. The Morgan fingerprint density at radius 2 is 2.33 bits per heavy atom. The molecular weight excluding hydrogens is 252 g/mol. The van der Waals surface area contributed by atoms with Crippen molar-refractivity contribution in [1.82, 2.24) is 19.7 Å². The minimum absolute atomic E-state index is 0.0149. The van der Waals surface area contributed by atoms with Crippen LogP contribution in [-0.4, -0.2) is 24.8 Å². The fourth-order valence-electron chi connectivity index (χ4n) is 1.47. The minimum Gasteiger partial charge on any atom is -0.390 e. The molecule has 18 heavy (non-hydrogen) atoms. The van der Waals surface area contributed by atoms with Gasteiger partial charge >= 0.3 is 0 Å².